The number of allylic oxidation sites excluding steroid dienone is 2. The summed E-state index contributed by atoms with van der Waals surface area (Å²) in [6.07, 6.45) is 10.6. The van der Waals surface area contributed by atoms with Crippen LogP contribution in [-0.2, 0) is 16.0 Å². The molecular formula is C29H31N3O3. The molecule has 5 atom stereocenters. The van der Waals surface area contributed by atoms with Gasteiger partial charge in [0.2, 0.25) is 0 Å². The molecular weight excluding hydrogens is 438 g/mol. The van der Waals surface area contributed by atoms with Crippen LogP contribution in [0.3, 0.4) is 0 Å². The zero-order chi connectivity index (χ0) is 23.8. The van der Waals surface area contributed by atoms with E-state index in [1.54, 1.807) is 7.11 Å². The summed E-state index contributed by atoms with van der Waals surface area (Å²) in [5.41, 5.74) is 6.70. The van der Waals surface area contributed by atoms with Crippen molar-refractivity contribution in [2.24, 2.45) is 5.92 Å². The highest BCUT2D eigenvalue weighted by Crippen LogP contribution is 2.55. The minimum atomic E-state index is -0.262. The number of nitrogens with one attached hydrogen (secondary N) is 1. The van der Waals surface area contributed by atoms with Crippen LogP contribution in [0, 0.1) is 5.92 Å². The number of carbonyl (C=O) groups is 1. The Kier molecular flexibility index (Phi) is 4.67. The second-order valence-corrected chi connectivity index (χ2v) is 10.2. The number of fused-ring (bicyclic) bond motifs is 9. The van der Waals surface area contributed by atoms with Gasteiger partial charge in [-0.2, -0.15) is 0 Å². The molecule has 1 aliphatic carbocycles. The number of aromatic nitrogens is 1. The second kappa shape index (κ2) is 7.70. The predicted octanol–water partition coefficient (Wildman–Crippen LogP) is 5.03. The van der Waals surface area contributed by atoms with E-state index in [9.17, 15) is 4.79 Å². The predicted molar refractivity (Wildman–Crippen MR) is 138 cm³/mol. The van der Waals surface area contributed by atoms with Crippen LogP contribution in [0.4, 0.5) is 5.69 Å². The molecule has 4 aliphatic rings. The summed E-state index contributed by atoms with van der Waals surface area (Å²) in [7, 11) is 3.61. The van der Waals surface area contributed by atoms with E-state index in [0.29, 0.717) is 6.54 Å². The zero-order valence-electron chi connectivity index (χ0n) is 20.5. The molecule has 1 amide bonds. The largest absolute Gasteiger partial charge is 0.376 e. The highest BCUT2D eigenvalue weighted by atomic mass is 16.5. The molecule has 6 nitrogen and oxygen atoms in total. The van der Waals surface area contributed by atoms with Gasteiger partial charge in [0, 0.05) is 49.9 Å². The minimum absolute atomic E-state index is 0.0544. The zero-order valence-corrected chi connectivity index (χ0v) is 20.5. The van der Waals surface area contributed by atoms with E-state index in [2.05, 4.69) is 70.3 Å². The van der Waals surface area contributed by atoms with E-state index < -0.39 is 0 Å². The van der Waals surface area contributed by atoms with Gasteiger partial charge in [-0.25, -0.2) is 0 Å². The van der Waals surface area contributed by atoms with Crippen molar-refractivity contribution in [1.82, 2.24) is 9.88 Å². The van der Waals surface area contributed by atoms with Gasteiger partial charge in [0.15, 0.2) is 6.23 Å². The number of methoxy groups -OCH3 is 2. The molecule has 4 heterocycles. The van der Waals surface area contributed by atoms with Gasteiger partial charge < -0.3 is 24.3 Å². The fourth-order valence-corrected chi connectivity index (χ4v) is 7.34. The summed E-state index contributed by atoms with van der Waals surface area (Å²) in [5.74, 6) is 0.497. The SMILES string of the molecule is CCCC1CN2c3c(c4c(c5c6ccccc6n(c35)C(OC)C1OC)CNC4=O)C1C=CC=CC12. The molecule has 3 aliphatic heterocycles. The van der Waals surface area contributed by atoms with Gasteiger partial charge in [-0.3, -0.25) is 4.79 Å². The Morgan fingerprint density at radius 2 is 1.94 bits per heavy atom. The van der Waals surface area contributed by atoms with Crippen molar-refractivity contribution in [1.29, 1.82) is 0 Å². The Labute approximate surface area is 205 Å². The van der Waals surface area contributed by atoms with Crippen LogP contribution in [0.5, 0.6) is 0 Å². The molecule has 0 saturated carbocycles. The Hall–Kier alpha value is -3.09. The highest BCUT2D eigenvalue weighted by Gasteiger charge is 2.48. The molecule has 2 aromatic carbocycles. The standard InChI is InChI=1S/C29H31N3O3/c1-4-9-16-15-31-20-12-7-5-10-17(20)23-24-19(14-30-28(24)33)22-18-11-6-8-13-21(18)32(26(22)25(23)31)29(35-3)27(16)34-2/h5-8,10-13,16-17,20,27,29H,4,9,14-15H2,1-3H3,(H,30,33). The van der Waals surface area contributed by atoms with E-state index in [-0.39, 0.29) is 36.1 Å². The third-order valence-electron chi connectivity index (χ3n) is 8.61. The molecule has 7 rings (SSSR count). The Bertz CT molecular complexity index is 1430. The fourth-order valence-electron chi connectivity index (χ4n) is 7.34. The van der Waals surface area contributed by atoms with Crippen molar-refractivity contribution in [3.05, 3.63) is 65.3 Å². The molecule has 1 aromatic heterocycles. The van der Waals surface area contributed by atoms with Crippen LogP contribution >= 0.6 is 0 Å². The number of rotatable bonds is 4. The summed E-state index contributed by atoms with van der Waals surface area (Å²) in [6, 6.07) is 8.74. The van der Waals surface area contributed by atoms with Crippen molar-refractivity contribution in [2.75, 3.05) is 25.7 Å². The first-order chi connectivity index (χ1) is 17.2. The van der Waals surface area contributed by atoms with E-state index >= 15 is 0 Å². The van der Waals surface area contributed by atoms with Crippen LogP contribution in [-0.4, -0.2) is 43.4 Å². The maximum atomic E-state index is 13.3. The van der Waals surface area contributed by atoms with Crippen molar-refractivity contribution >= 4 is 33.4 Å². The van der Waals surface area contributed by atoms with Gasteiger partial charge in [0.05, 0.1) is 28.3 Å². The topological polar surface area (TPSA) is 55.7 Å². The summed E-state index contributed by atoms with van der Waals surface area (Å²) < 4.78 is 14.9. The van der Waals surface area contributed by atoms with Gasteiger partial charge in [-0.15, -0.1) is 0 Å². The number of hydrogen-bond donors (Lipinski definition) is 1. The quantitative estimate of drug-likeness (QED) is 0.583. The van der Waals surface area contributed by atoms with E-state index in [0.717, 1.165) is 36.0 Å². The minimum Gasteiger partial charge on any atom is -0.376 e. The lowest BCUT2D eigenvalue weighted by Crippen LogP contribution is -2.45. The third kappa shape index (κ3) is 2.64. The lowest BCUT2D eigenvalue weighted by molar-refractivity contribution is -0.0990. The maximum absolute atomic E-state index is 13.3. The molecule has 3 aromatic rings. The second-order valence-electron chi connectivity index (χ2n) is 10.2. The van der Waals surface area contributed by atoms with Gasteiger partial charge in [0.1, 0.15) is 6.10 Å². The van der Waals surface area contributed by atoms with Crippen LogP contribution in [0.15, 0.2) is 48.6 Å². The molecule has 180 valence electrons. The maximum Gasteiger partial charge on any atom is 0.252 e. The number of anilines is 1. The third-order valence-corrected chi connectivity index (χ3v) is 8.61. The lowest BCUT2D eigenvalue weighted by atomic mass is 9.86. The highest BCUT2D eigenvalue weighted by molar-refractivity contribution is 6.20. The molecule has 0 bridgehead atoms. The van der Waals surface area contributed by atoms with Crippen molar-refractivity contribution < 1.29 is 14.3 Å². The molecule has 0 saturated heterocycles. The van der Waals surface area contributed by atoms with Crippen LogP contribution in [0.1, 0.15) is 53.4 Å². The van der Waals surface area contributed by atoms with Crippen LogP contribution < -0.4 is 10.2 Å². The average molecular weight is 470 g/mol. The molecule has 0 fully saturated rings. The Morgan fingerprint density at radius 1 is 1.11 bits per heavy atom. The number of hydrogen-bond acceptors (Lipinski definition) is 4. The number of carbonyl (C=O) groups excluding carboxylic acids is 1. The summed E-state index contributed by atoms with van der Waals surface area (Å²) >= 11 is 0. The van der Waals surface area contributed by atoms with Crippen molar-refractivity contribution in [3.63, 3.8) is 0 Å². The fraction of sp³-hybridized carbons (Fsp3) is 0.414. The normalized spacial score (nSPS) is 28.4. The van der Waals surface area contributed by atoms with Gasteiger partial charge in [-0.05, 0) is 23.6 Å². The first-order valence-corrected chi connectivity index (χ1v) is 12.8. The molecule has 5 unspecified atom stereocenters. The summed E-state index contributed by atoms with van der Waals surface area (Å²) in [6.45, 7) is 3.67. The molecule has 35 heavy (non-hydrogen) atoms. The Morgan fingerprint density at radius 3 is 2.74 bits per heavy atom. The van der Waals surface area contributed by atoms with Gasteiger partial charge in [0.25, 0.3) is 5.91 Å². The molecule has 0 spiro atoms. The van der Waals surface area contributed by atoms with E-state index in [1.807, 2.05) is 7.11 Å². The first-order valence-electron chi connectivity index (χ1n) is 12.8. The first kappa shape index (κ1) is 21.2. The van der Waals surface area contributed by atoms with E-state index in [4.69, 9.17) is 9.47 Å². The number of nitrogens with zero attached hydrogens (tertiary/aromatic N) is 2. The monoisotopic (exact) mass is 469 g/mol. The number of ether oxygens (including phenoxy) is 2. The van der Waals surface area contributed by atoms with Crippen LogP contribution in [0.2, 0.25) is 0 Å². The molecule has 0 radical (unpaired) electrons. The lowest BCUT2D eigenvalue weighted by Gasteiger charge is -2.40. The Balaban J connectivity index is 1.68. The molecule has 6 heteroatoms. The van der Waals surface area contributed by atoms with Crippen molar-refractivity contribution in [2.45, 2.75) is 50.6 Å². The van der Waals surface area contributed by atoms with Crippen molar-refractivity contribution in [3.8, 4) is 0 Å². The van der Waals surface area contributed by atoms with Crippen LogP contribution in [0.25, 0.3) is 21.8 Å². The number of amides is 1. The average Bonchev–Trinajstić information content (AvgIpc) is 3.52. The smallest absolute Gasteiger partial charge is 0.252 e. The van der Waals surface area contributed by atoms with E-state index in [1.165, 1.54) is 27.5 Å². The summed E-state index contributed by atoms with van der Waals surface area (Å²) in [5, 5.41) is 5.50. The summed E-state index contributed by atoms with van der Waals surface area (Å²) in [4.78, 5) is 15.9. The van der Waals surface area contributed by atoms with Gasteiger partial charge in [-0.1, -0.05) is 55.8 Å². The number of benzene rings is 2. The number of para-hydroxylation sites is 1. The van der Waals surface area contributed by atoms with Gasteiger partial charge >= 0.3 is 0 Å². The molecule has 1 N–H and O–H groups in total.